The maximum atomic E-state index is 11.6. The maximum absolute atomic E-state index is 11.6. The monoisotopic (exact) mass is 316 g/mol. The van der Waals surface area contributed by atoms with E-state index in [1.807, 2.05) is 18.2 Å². The van der Waals surface area contributed by atoms with Crippen LogP contribution in [0.2, 0.25) is 0 Å². The number of hydrogen-bond donors (Lipinski definition) is 2. The van der Waals surface area contributed by atoms with Gasteiger partial charge in [0.25, 0.3) is 11.7 Å². The Morgan fingerprint density at radius 3 is 2.74 bits per heavy atom. The van der Waals surface area contributed by atoms with Crippen molar-refractivity contribution in [3.8, 4) is 0 Å². The molecule has 1 aromatic rings. The Kier molecular flexibility index (Phi) is 4.83. The molecule has 0 aromatic heterocycles. The lowest BCUT2D eigenvalue weighted by molar-refractivity contribution is -0.112. The van der Waals surface area contributed by atoms with Crippen molar-refractivity contribution >= 4 is 29.5 Å². The lowest BCUT2D eigenvalue weighted by Crippen LogP contribution is -2.32. The number of benzene rings is 1. The van der Waals surface area contributed by atoms with Gasteiger partial charge in [0.2, 0.25) is 0 Å². The number of carbonyl (C=O) groups excluding carboxylic acids is 3. The van der Waals surface area contributed by atoms with Gasteiger partial charge >= 0.3 is 6.09 Å². The Hall–Kier alpha value is -2.63. The molecule has 6 nitrogen and oxygen atoms in total. The normalized spacial score (nSPS) is 13.9. The fourth-order valence-electron chi connectivity index (χ4n) is 2.11. The van der Waals surface area contributed by atoms with Crippen LogP contribution in [0.4, 0.5) is 10.5 Å². The van der Waals surface area contributed by atoms with Gasteiger partial charge in [0.1, 0.15) is 5.60 Å². The van der Waals surface area contributed by atoms with E-state index in [1.54, 1.807) is 32.9 Å². The van der Waals surface area contributed by atoms with Crippen molar-refractivity contribution in [3.05, 3.63) is 35.4 Å². The van der Waals surface area contributed by atoms with Gasteiger partial charge in [-0.3, -0.25) is 9.59 Å². The second kappa shape index (κ2) is 6.64. The molecule has 0 fully saturated rings. The van der Waals surface area contributed by atoms with E-state index in [1.165, 1.54) is 0 Å². The minimum Gasteiger partial charge on any atom is -0.444 e. The fraction of sp³-hybridized carbons (Fsp3) is 0.353. The number of alkyl carbamates (subject to hydrolysis) is 1. The summed E-state index contributed by atoms with van der Waals surface area (Å²) in [5.41, 5.74) is 1.18. The molecule has 6 heteroatoms. The van der Waals surface area contributed by atoms with Crippen LogP contribution in [0.25, 0.3) is 6.08 Å². The molecule has 1 aliphatic rings. The summed E-state index contributed by atoms with van der Waals surface area (Å²) in [7, 11) is 0. The van der Waals surface area contributed by atoms with Crippen LogP contribution in [0.1, 0.15) is 43.1 Å². The first kappa shape index (κ1) is 16.7. The van der Waals surface area contributed by atoms with Gasteiger partial charge in [0.15, 0.2) is 0 Å². The van der Waals surface area contributed by atoms with E-state index in [2.05, 4.69) is 10.6 Å². The Morgan fingerprint density at radius 2 is 2.04 bits per heavy atom. The molecule has 1 aromatic carbocycles. The van der Waals surface area contributed by atoms with Crippen LogP contribution >= 0.6 is 0 Å². The summed E-state index contributed by atoms with van der Waals surface area (Å²) >= 11 is 0. The van der Waals surface area contributed by atoms with Gasteiger partial charge in [0.05, 0.1) is 11.3 Å². The van der Waals surface area contributed by atoms with Crippen LogP contribution < -0.4 is 10.6 Å². The summed E-state index contributed by atoms with van der Waals surface area (Å²) in [6, 6.07) is 5.17. The first-order valence-electron chi connectivity index (χ1n) is 7.40. The van der Waals surface area contributed by atoms with Crippen molar-refractivity contribution in [2.24, 2.45) is 0 Å². The third-order valence-corrected chi connectivity index (χ3v) is 3.06. The van der Waals surface area contributed by atoms with E-state index in [0.717, 1.165) is 5.56 Å². The van der Waals surface area contributed by atoms with E-state index < -0.39 is 23.4 Å². The van der Waals surface area contributed by atoms with Gasteiger partial charge < -0.3 is 15.4 Å². The summed E-state index contributed by atoms with van der Waals surface area (Å²) in [6.45, 7) is 5.85. The van der Waals surface area contributed by atoms with E-state index in [-0.39, 0.29) is 0 Å². The Balaban J connectivity index is 1.87. The summed E-state index contributed by atoms with van der Waals surface area (Å²) in [5, 5.41) is 5.23. The molecular formula is C17H20N2O4. The SMILES string of the molecule is CC(C)(C)OC(=O)NCCC=Cc1cccc2c1NC(=O)C2=O. The molecule has 0 spiro atoms. The van der Waals surface area contributed by atoms with Crippen LogP contribution in [0.3, 0.4) is 0 Å². The second-order valence-electron chi connectivity index (χ2n) is 6.17. The number of amides is 2. The van der Waals surface area contributed by atoms with Crippen molar-refractivity contribution in [3.63, 3.8) is 0 Å². The van der Waals surface area contributed by atoms with Crippen LogP contribution in [-0.2, 0) is 9.53 Å². The lowest BCUT2D eigenvalue weighted by Gasteiger charge is -2.19. The molecule has 0 atom stereocenters. The first-order chi connectivity index (χ1) is 10.8. The molecule has 2 N–H and O–H groups in total. The standard InChI is InChI=1S/C17H20N2O4/c1-17(2,3)23-16(22)18-10-5-4-7-11-8-6-9-12-13(11)19-15(21)14(12)20/h4,6-9H,5,10H2,1-3H3,(H,18,22)(H,19,20,21). The van der Waals surface area contributed by atoms with E-state index in [0.29, 0.717) is 24.2 Å². The highest BCUT2D eigenvalue weighted by molar-refractivity contribution is 6.52. The summed E-state index contributed by atoms with van der Waals surface area (Å²) in [4.78, 5) is 34.5. The highest BCUT2D eigenvalue weighted by Gasteiger charge is 2.28. The maximum Gasteiger partial charge on any atom is 0.407 e. The number of anilines is 1. The zero-order valence-electron chi connectivity index (χ0n) is 13.4. The Morgan fingerprint density at radius 1 is 1.30 bits per heavy atom. The largest absolute Gasteiger partial charge is 0.444 e. The third-order valence-electron chi connectivity index (χ3n) is 3.06. The van der Waals surface area contributed by atoms with Gasteiger partial charge in [-0.25, -0.2) is 4.79 Å². The molecule has 0 saturated heterocycles. The van der Waals surface area contributed by atoms with Crippen LogP contribution in [-0.4, -0.2) is 29.9 Å². The Bertz CT molecular complexity index is 672. The molecule has 1 aliphatic heterocycles. The predicted molar refractivity (Wildman–Crippen MR) is 87.3 cm³/mol. The molecule has 0 radical (unpaired) electrons. The number of Topliss-reactive ketones (excluding diaryl/α,β-unsaturated/α-hetero) is 1. The molecule has 0 bridgehead atoms. The number of carbonyl (C=O) groups is 3. The second-order valence-corrected chi connectivity index (χ2v) is 6.17. The first-order valence-corrected chi connectivity index (χ1v) is 7.40. The van der Waals surface area contributed by atoms with E-state index in [9.17, 15) is 14.4 Å². The van der Waals surface area contributed by atoms with Gasteiger partial charge in [0, 0.05) is 6.54 Å². The van der Waals surface area contributed by atoms with E-state index >= 15 is 0 Å². The van der Waals surface area contributed by atoms with Crippen molar-refractivity contribution in [1.29, 1.82) is 0 Å². The molecule has 0 unspecified atom stereocenters. The highest BCUT2D eigenvalue weighted by Crippen LogP contribution is 2.28. The quantitative estimate of drug-likeness (QED) is 0.661. The number of nitrogens with one attached hydrogen (secondary N) is 2. The van der Waals surface area contributed by atoms with Crippen LogP contribution in [0, 0.1) is 0 Å². The van der Waals surface area contributed by atoms with Crippen LogP contribution in [0.15, 0.2) is 24.3 Å². The average molecular weight is 316 g/mol. The predicted octanol–water partition coefficient (Wildman–Crippen LogP) is 2.75. The molecule has 122 valence electrons. The number of hydrogen-bond acceptors (Lipinski definition) is 4. The minimum absolute atomic E-state index is 0.393. The summed E-state index contributed by atoms with van der Waals surface area (Å²) in [6.07, 6.45) is 3.82. The molecule has 2 amide bonds. The van der Waals surface area contributed by atoms with Crippen molar-refractivity contribution in [1.82, 2.24) is 5.32 Å². The Labute approximate surface area is 134 Å². The van der Waals surface area contributed by atoms with Crippen LogP contribution in [0.5, 0.6) is 0 Å². The fourth-order valence-corrected chi connectivity index (χ4v) is 2.11. The van der Waals surface area contributed by atoms with Gasteiger partial charge in [-0.15, -0.1) is 0 Å². The summed E-state index contributed by atoms with van der Waals surface area (Å²) in [5.74, 6) is -1.12. The van der Waals surface area contributed by atoms with Crippen molar-refractivity contribution in [2.75, 3.05) is 11.9 Å². The number of rotatable bonds is 4. The highest BCUT2D eigenvalue weighted by atomic mass is 16.6. The van der Waals surface area contributed by atoms with E-state index in [4.69, 9.17) is 4.74 Å². The molecule has 0 aliphatic carbocycles. The molecule has 23 heavy (non-hydrogen) atoms. The summed E-state index contributed by atoms with van der Waals surface area (Å²) < 4.78 is 5.13. The molecular weight excluding hydrogens is 296 g/mol. The number of ether oxygens (including phenoxy) is 1. The van der Waals surface area contributed by atoms with Gasteiger partial charge in [-0.2, -0.15) is 0 Å². The number of ketones is 1. The molecule has 2 rings (SSSR count). The van der Waals surface area contributed by atoms with Gasteiger partial charge in [-0.05, 0) is 38.8 Å². The lowest BCUT2D eigenvalue weighted by atomic mass is 10.1. The third kappa shape index (κ3) is 4.42. The van der Waals surface area contributed by atoms with Crippen molar-refractivity contribution < 1.29 is 19.1 Å². The average Bonchev–Trinajstić information content (AvgIpc) is 2.73. The number of para-hydroxylation sites is 1. The zero-order chi connectivity index (χ0) is 17.0. The van der Waals surface area contributed by atoms with Crippen molar-refractivity contribution in [2.45, 2.75) is 32.8 Å². The van der Waals surface area contributed by atoms with Gasteiger partial charge in [-0.1, -0.05) is 24.3 Å². The zero-order valence-corrected chi connectivity index (χ0v) is 13.4. The molecule has 1 heterocycles. The smallest absolute Gasteiger partial charge is 0.407 e. The topological polar surface area (TPSA) is 84.5 Å². The molecule has 0 saturated carbocycles. The number of fused-ring (bicyclic) bond motifs is 1. The minimum atomic E-state index is -0.604.